The van der Waals surface area contributed by atoms with E-state index >= 15 is 0 Å². The molecule has 20 heavy (non-hydrogen) atoms. The summed E-state index contributed by atoms with van der Waals surface area (Å²) < 4.78 is 26.3. The van der Waals surface area contributed by atoms with E-state index in [1.165, 1.54) is 17.4 Å². The van der Waals surface area contributed by atoms with Crippen LogP contribution >= 0.6 is 23.1 Å². The van der Waals surface area contributed by atoms with Crippen molar-refractivity contribution in [2.24, 2.45) is 0 Å². The number of aromatic carboxylic acids is 1. The fourth-order valence-corrected chi connectivity index (χ4v) is 5.17. The van der Waals surface area contributed by atoms with Crippen LogP contribution in [0.25, 0.3) is 0 Å². The number of carbonyl (C=O) groups is 1. The van der Waals surface area contributed by atoms with Gasteiger partial charge in [-0.2, -0.15) is 16.1 Å². The van der Waals surface area contributed by atoms with Gasteiger partial charge in [-0.25, -0.2) is 13.2 Å². The van der Waals surface area contributed by atoms with Crippen molar-refractivity contribution < 1.29 is 18.3 Å². The van der Waals surface area contributed by atoms with Crippen molar-refractivity contribution in [3.63, 3.8) is 0 Å². The van der Waals surface area contributed by atoms with Gasteiger partial charge in [0, 0.05) is 13.1 Å². The molecule has 1 heterocycles. The lowest BCUT2D eigenvalue weighted by molar-refractivity contribution is 0.0701. The van der Waals surface area contributed by atoms with E-state index in [1.807, 2.05) is 13.2 Å². The van der Waals surface area contributed by atoms with E-state index in [0.29, 0.717) is 5.56 Å². The second kappa shape index (κ2) is 6.93. The molecule has 5 nitrogen and oxygen atoms in total. The summed E-state index contributed by atoms with van der Waals surface area (Å²) >= 11 is 2.48. The van der Waals surface area contributed by atoms with Crippen molar-refractivity contribution in [3.8, 4) is 0 Å². The number of thioether (sulfide) groups is 1. The molecule has 1 unspecified atom stereocenters. The highest BCUT2D eigenvalue weighted by Crippen LogP contribution is 2.29. The molecule has 0 aliphatic carbocycles. The molecule has 0 aliphatic rings. The first-order valence-electron chi connectivity index (χ1n) is 6.02. The maximum absolute atomic E-state index is 12.5. The van der Waals surface area contributed by atoms with Gasteiger partial charge in [-0.15, -0.1) is 11.3 Å². The van der Waals surface area contributed by atoms with Gasteiger partial charge in [0.05, 0.1) is 0 Å². The number of nitrogens with zero attached hydrogens (tertiary/aromatic N) is 1. The molecular weight excluding hydrogens is 318 g/mol. The lowest BCUT2D eigenvalue weighted by atomic mass is 10.3. The molecule has 0 fully saturated rings. The van der Waals surface area contributed by atoms with Gasteiger partial charge in [-0.05, 0) is 43.9 Å². The standard InChI is InChI=1S/C12H19NO4S3/c1-8-7-10(19-11(8)12(14)15)20(16,17)13(3)9(2)5-6-18-4/h7,9H,5-6H2,1-4H3,(H,14,15). The zero-order chi connectivity index (χ0) is 15.5. The minimum atomic E-state index is -3.62. The second-order valence-electron chi connectivity index (χ2n) is 4.53. The van der Waals surface area contributed by atoms with Crippen LogP contribution in [0.1, 0.15) is 28.6 Å². The predicted octanol–water partition coefficient (Wildman–Crippen LogP) is 2.52. The molecule has 1 N–H and O–H groups in total. The summed E-state index contributed by atoms with van der Waals surface area (Å²) in [6.07, 6.45) is 2.73. The van der Waals surface area contributed by atoms with E-state index in [0.717, 1.165) is 23.5 Å². The number of hydrogen-bond donors (Lipinski definition) is 1. The number of carboxylic acids is 1. The van der Waals surface area contributed by atoms with Gasteiger partial charge < -0.3 is 5.11 Å². The molecule has 8 heteroatoms. The van der Waals surface area contributed by atoms with Crippen LogP contribution in [0.15, 0.2) is 10.3 Å². The van der Waals surface area contributed by atoms with E-state index in [9.17, 15) is 13.2 Å². The second-order valence-corrected chi connectivity index (χ2v) is 8.80. The Bertz CT molecular complexity index is 580. The molecule has 0 spiro atoms. The van der Waals surface area contributed by atoms with Gasteiger partial charge in [0.2, 0.25) is 0 Å². The quantitative estimate of drug-likeness (QED) is 0.827. The zero-order valence-electron chi connectivity index (χ0n) is 11.9. The Balaban J connectivity index is 3.04. The van der Waals surface area contributed by atoms with Gasteiger partial charge in [-0.3, -0.25) is 0 Å². The fraction of sp³-hybridized carbons (Fsp3) is 0.583. The van der Waals surface area contributed by atoms with E-state index in [4.69, 9.17) is 5.11 Å². The molecule has 0 radical (unpaired) electrons. The maximum Gasteiger partial charge on any atom is 0.346 e. The first-order chi connectivity index (χ1) is 9.21. The summed E-state index contributed by atoms with van der Waals surface area (Å²) in [5, 5.41) is 9.01. The van der Waals surface area contributed by atoms with Crippen LogP contribution in [0, 0.1) is 6.92 Å². The first kappa shape index (κ1) is 17.5. The predicted molar refractivity (Wildman–Crippen MR) is 83.4 cm³/mol. The number of hydrogen-bond acceptors (Lipinski definition) is 5. The molecule has 1 aromatic heterocycles. The Morgan fingerprint density at radius 1 is 1.55 bits per heavy atom. The third-order valence-corrected chi connectivity index (χ3v) is 7.37. The van der Waals surface area contributed by atoms with Gasteiger partial charge >= 0.3 is 5.97 Å². The van der Waals surface area contributed by atoms with Crippen LogP contribution < -0.4 is 0 Å². The minimum absolute atomic E-state index is 0.0775. The number of rotatable bonds is 7. The molecule has 1 atom stereocenters. The van der Waals surface area contributed by atoms with Crippen molar-refractivity contribution in [1.29, 1.82) is 0 Å². The Labute approximate surface area is 128 Å². The Morgan fingerprint density at radius 2 is 2.15 bits per heavy atom. The van der Waals surface area contributed by atoms with Crippen LogP contribution in [0.3, 0.4) is 0 Å². The molecule has 0 amide bonds. The Kier molecular flexibility index (Phi) is 6.06. The van der Waals surface area contributed by atoms with Crippen molar-refractivity contribution in [1.82, 2.24) is 4.31 Å². The van der Waals surface area contributed by atoms with Crippen molar-refractivity contribution >= 4 is 39.1 Å². The van der Waals surface area contributed by atoms with Crippen molar-refractivity contribution in [2.45, 2.75) is 30.5 Å². The van der Waals surface area contributed by atoms with Crippen LogP contribution in [-0.2, 0) is 10.0 Å². The van der Waals surface area contributed by atoms with E-state index in [1.54, 1.807) is 18.7 Å². The molecule has 0 saturated heterocycles. The summed E-state index contributed by atoms with van der Waals surface area (Å²) in [5.74, 6) is -0.211. The summed E-state index contributed by atoms with van der Waals surface area (Å²) in [6.45, 7) is 3.46. The van der Waals surface area contributed by atoms with Gasteiger partial charge in [0.25, 0.3) is 10.0 Å². The van der Waals surface area contributed by atoms with Gasteiger partial charge in [0.1, 0.15) is 9.09 Å². The minimum Gasteiger partial charge on any atom is -0.477 e. The average molecular weight is 337 g/mol. The third kappa shape index (κ3) is 3.75. The van der Waals surface area contributed by atoms with Gasteiger partial charge in [0.15, 0.2) is 0 Å². The maximum atomic E-state index is 12.5. The van der Waals surface area contributed by atoms with E-state index in [-0.39, 0.29) is 15.1 Å². The number of sulfonamides is 1. The molecule has 0 aliphatic heterocycles. The average Bonchev–Trinajstić information content (AvgIpc) is 2.77. The Hall–Kier alpha value is -0.570. The molecule has 0 saturated carbocycles. The molecule has 114 valence electrons. The summed E-state index contributed by atoms with van der Waals surface area (Å²) in [6, 6.07) is 1.31. The van der Waals surface area contributed by atoms with Crippen LogP contribution in [-0.4, -0.2) is 48.9 Å². The van der Waals surface area contributed by atoms with Crippen LogP contribution in [0.5, 0.6) is 0 Å². The van der Waals surface area contributed by atoms with E-state index in [2.05, 4.69) is 0 Å². The van der Waals surface area contributed by atoms with Gasteiger partial charge in [-0.1, -0.05) is 0 Å². The van der Waals surface area contributed by atoms with Crippen LogP contribution in [0.2, 0.25) is 0 Å². The summed E-state index contributed by atoms with van der Waals surface area (Å²) in [7, 11) is -2.09. The fourth-order valence-electron chi connectivity index (χ4n) is 1.64. The first-order valence-corrected chi connectivity index (χ1v) is 9.67. The highest BCUT2D eigenvalue weighted by atomic mass is 32.2. The SMILES string of the molecule is CSCCC(C)N(C)S(=O)(=O)c1cc(C)c(C(=O)O)s1. The Morgan fingerprint density at radius 3 is 2.60 bits per heavy atom. The summed E-state index contributed by atoms with van der Waals surface area (Å²) in [4.78, 5) is 11.1. The van der Waals surface area contributed by atoms with Crippen LogP contribution in [0.4, 0.5) is 0 Å². The number of thiophene rings is 1. The summed E-state index contributed by atoms with van der Waals surface area (Å²) in [5.41, 5.74) is 0.478. The molecule has 1 rings (SSSR count). The highest BCUT2D eigenvalue weighted by Gasteiger charge is 2.28. The smallest absolute Gasteiger partial charge is 0.346 e. The molecule has 0 aromatic carbocycles. The molecule has 0 bridgehead atoms. The topological polar surface area (TPSA) is 74.7 Å². The molecular formula is C12H19NO4S3. The van der Waals surface area contributed by atoms with E-state index < -0.39 is 16.0 Å². The number of carboxylic acid groups (broad SMARTS) is 1. The molecule has 1 aromatic rings. The third-order valence-electron chi connectivity index (χ3n) is 3.08. The normalized spacial score (nSPS) is 13.7. The largest absolute Gasteiger partial charge is 0.477 e. The van der Waals surface area contributed by atoms with Crippen molar-refractivity contribution in [3.05, 3.63) is 16.5 Å². The van der Waals surface area contributed by atoms with Crippen molar-refractivity contribution in [2.75, 3.05) is 19.1 Å². The lowest BCUT2D eigenvalue weighted by Gasteiger charge is -2.23. The zero-order valence-corrected chi connectivity index (χ0v) is 14.4. The number of aryl methyl sites for hydroxylation is 1. The monoisotopic (exact) mass is 337 g/mol. The lowest BCUT2D eigenvalue weighted by Crippen LogP contribution is -2.35. The highest BCUT2D eigenvalue weighted by molar-refractivity contribution is 7.98.